The molecule has 5 nitrogen and oxygen atoms in total. The highest BCUT2D eigenvalue weighted by Gasteiger charge is 2.37. The van der Waals surface area contributed by atoms with Crippen molar-refractivity contribution >= 4 is 5.91 Å². The van der Waals surface area contributed by atoms with E-state index in [9.17, 15) is 4.79 Å². The van der Waals surface area contributed by atoms with Gasteiger partial charge in [0.2, 0.25) is 0 Å². The van der Waals surface area contributed by atoms with Crippen molar-refractivity contribution in [3.8, 4) is 0 Å². The summed E-state index contributed by atoms with van der Waals surface area (Å²) in [6.07, 6.45) is 10.8. The second-order valence-corrected chi connectivity index (χ2v) is 7.38. The average Bonchev–Trinajstić information content (AvgIpc) is 3.30. The van der Waals surface area contributed by atoms with Crippen LogP contribution in [-0.4, -0.2) is 32.1 Å². The van der Waals surface area contributed by atoms with Gasteiger partial charge in [0.1, 0.15) is 5.69 Å². The van der Waals surface area contributed by atoms with Crippen LogP contribution in [0.1, 0.15) is 34.6 Å². The maximum absolute atomic E-state index is 13.2. The van der Waals surface area contributed by atoms with Crippen molar-refractivity contribution in [3.05, 3.63) is 59.7 Å². The van der Waals surface area contributed by atoms with Crippen molar-refractivity contribution in [2.45, 2.75) is 26.3 Å². The molecule has 0 spiro atoms. The molecule has 3 atom stereocenters. The lowest BCUT2D eigenvalue weighted by atomic mass is 9.93. The molecule has 130 valence electrons. The summed E-state index contributed by atoms with van der Waals surface area (Å²) in [6, 6.07) is 5.83. The van der Waals surface area contributed by atoms with Crippen molar-refractivity contribution in [1.29, 1.82) is 0 Å². The molecule has 1 saturated carbocycles. The molecule has 25 heavy (non-hydrogen) atoms. The zero-order valence-corrected chi connectivity index (χ0v) is 14.8. The van der Waals surface area contributed by atoms with Gasteiger partial charge in [0, 0.05) is 32.5 Å². The Morgan fingerprint density at radius 2 is 2.24 bits per heavy atom. The zero-order chi connectivity index (χ0) is 17.4. The predicted octanol–water partition coefficient (Wildman–Crippen LogP) is 2.98. The lowest BCUT2D eigenvalue weighted by Crippen LogP contribution is -2.37. The van der Waals surface area contributed by atoms with Crippen molar-refractivity contribution in [1.82, 2.24) is 19.7 Å². The van der Waals surface area contributed by atoms with Gasteiger partial charge in [-0.3, -0.25) is 14.5 Å². The average molecular weight is 336 g/mol. The van der Waals surface area contributed by atoms with E-state index in [0.29, 0.717) is 30.0 Å². The Hall–Kier alpha value is -2.43. The summed E-state index contributed by atoms with van der Waals surface area (Å²) >= 11 is 0. The first-order valence-electron chi connectivity index (χ1n) is 8.97. The maximum atomic E-state index is 13.2. The fraction of sp³-hybridized carbons (Fsp3) is 0.450. The van der Waals surface area contributed by atoms with Crippen LogP contribution < -0.4 is 0 Å². The Bertz CT molecular complexity index is 795. The first-order valence-corrected chi connectivity index (χ1v) is 8.97. The van der Waals surface area contributed by atoms with Gasteiger partial charge in [0.05, 0.1) is 5.69 Å². The number of pyridine rings is 1. The molecule has 4 rings (SSSR count). The van der Waals surface area contributed by atoms with Gasteiger partial charge in [0.15, 0.2) is 0 Å². The number of amides is 1. The Kier molecular flexibility index (Phi) is 4.15. The number of nitrogens with zero attached hydrogens (tertiary/aromatic N) is 4. The third kappa shape index (κ3) is 3.23. The van der Waals surface area contributed by atoms with Crippen LogP contribution in [0.15, 0.2) is 42.7 Å². The SMILES string of the molecule is Cc1cc(C(=O)N(Cc2cccnc2)C[C@H]2C[C@H]3C=C[C@H]2C3)n(C)n1. The molecule has 2 bridgehead atoms. The van der Waals surface area contributed by atoms with Gasteiger partial charge >= 0.3 is 0 Å². The van der Waals surface area contributed by atoms with E-state index in [2.05, 4.69) is 22.2 Å². The number of carbonyl (C=O) groups excluding carboxylic acids is 1. The van der Waals surface area contributed by atoms with E-state index >= 15 is 0 Å². The van der Waals surface area contributed by atoms with Gasteiger partial charge in [-0.25, -0.2) is 0 Å². The largest absolute Gasteiger partial charge is 0.333 e. The van der Waals surface area contributed by atoms with Gasteiger partial charge in [-0.1, -0.05) is 18.2 Å². The standard InChI is InChI=1S/C20H24N4O/c1-14-8-19(23(2)22-14)20(25)24(12-16-4-3-7-21-11-16)13-18-10-15-5-6-17(18)9-15/h3-8,11,15,17-18H,9-10,12-13H2,1-2H3/t15-,17-,18+/m0/s1. The summed E-state index contributed by atoms with van der Waals surface area (Å²) in [4.78, 5) is 19.4. The van der Waals surface area contributed by atoms with Gasteiger partial charge in [-0.2, -0.15) is 5.10 Å². The fourth-order valence-electron chi connectivity index (χ4n) is 4.29. The molecule has 0 saturated heterocycles. The molecule has 1 fully saturated rings. The van der Waals surface area contributed by atoms with Gasteiger partial charge in [-0.05, 0) is 55.2 Å². The Labute approximate surface area is 148 Å². The van der Waals surface area contributed by atoms with Crippen molar-refractivity contribution in [2.24, 2.45) is 24.8 Å². The van der Waals surface area contributed by atoms with Crippen molar-refractivity contribution in [2.75, 3.05) is 6.54 Å². The summed E-state index contributed by atoms with van der Waals surface area (Å²) in [7, 11) is 1.84. The first kappa shape index (κ1) is 16.1. The minimum absolute atomic E-state index is 0.0544. The maximum Gasteiger partial charge on any atom is 0.272 e. The monoisotopic (exact) mass is 336 g/mol. The van der Waals surface area contributed by atoms with Crippen LogP contribution in [0.3, 0.4) is 0 Å². The van der Waals surface area contributed by atoms with Crippen LogP contribution in [0.4, 0.5) is 0 Å². The molecule has 0 aromatic carbocycles. The molecule has 0 aliphatic heterocycles. The van der Waals surface area contributed by atoms with Gasteiger partial charge in [-0.15, -0.1) is 0 Å². The molecule has 0 radical (unpaired) electrons. The lowest BCUT2D eigenvalue weighted by molar-refractivity contribution is 0.0693. The molecule has 1 amide bonds. The molecule has 2 heterocycles. The molecular weight excluding hydrogens is 312 g/mol. The second-order valence-electron chi connectivity index (χ2n) is 7.38. The third-order valence-corrected chi connectivity index (χ3v) is 5.48. The number of hydrogen-bond acceptors (Lipinski definition) is 3. The van der Waals surface area contributed by atoms with Crippen LogP contribution in [0, 0.1) is 24.7 Å². The number of allylic oxidation sites excluding steroid dienone is 2. The Balaban J connectivity index is 1.57. The van der Waals surface area contributed by atoms with Crippen molar-refractivity contribution in [3.63, 3.8) is 0 Å². The minimum Gasteiger partial charge on any atom is -0.333 e. The molecule has 5 heteroatoms. The summed E-state index contributed by atoms with van der Waals surface area (Å²) in [5.74, 6) is 1.95. The second kappa shape index (κ2) is 6.47. The first-order chi connectivity index (χ1) is 12.1. The highest BCUT2D eigenvalue weighted by Crippen LogP contribution is 2.43. The quantitative estimate of drug-likeness (QED) is 0.789. The highest BCUT2D eigenvalue weighted by atomic mass is 16.2. The normalized spacial score (nSPS) is 24.0. The molecule has 0 unspecified atom stereocenters. The smallest absolute Gasteiger partial charge is 0.272 e. The van der Waals surface area contributed by atoms with E-state index in [1.165, 1.54) is 12.8 Å². The summed E-state index contributed by atoms with van der Waals surface area (Å²) < 4.78 is 1.69. The summed E-state index contributed by atoms with van der Waals surface area (Å²) in [5.41, 5.74) is 2.59. The minimum atomic E-state index is 0.0544. The van der Waals surface area contributed by atoms with E-state index in [4.69, 9.17) is 0 Å². The Morgan fingerprint density at radius 1 is 1.36 bits per heavy atom. The number of fused-ring (bicyclic) bond motifs is 2. The Morgan fingerprint density at radius 3 is 2.84 bits per heavy atom. The van der Waals surface area contributed by atoms with Crippen LogP contribution in [0.25, 0.3) is 0 Å². The highest BCUT2D eigenvalue weighted by molar-refractivity contribution is 5.92. The molecule has 2 aromatic rings. The van der Waals surface area contributed by atoms with E-state index in [-0.39, 0.29) is 5.91 Å². The molecule has 2 aliphatic rings. The van der Waals surface area contributed by atoms with E-state index in [0.717, 1.165) is 17.8 Å². The number of aryl methyl sites for hydroxylation is 2. The van der Waals surface area contributed by atoms with Crippen molar-refractivity contribution < 1.29 is 4.79 Å². The van der Waals surface area contributed by atoms with Crippen LogP contribution >= 0.6 is 0 Å². The zero-order valence-electron chi connectivity index (χ0n) is 14.8. The number of carbonyl (C=O) groups is 1. The fourth-order valence-corrected chi connectivity index (χ4v) is 4.29. The van der Waals surface area contributed by atoms with Crippen LogP contribution in [-0.2, 0) is 13.6 Å². The number of hydrogen-bond donors (Lipinski definition) is 0. The van der Waals surface area contributed by atoms with Gasteiger partial charge in [0.25, 0.3) is 5.91 Å². The third-order valence-electron chi connectivity index (χ3n) is 5.48. The molecule has 2 aliphatic carbocycles. The molecular formula is C20H24N4O. The topological polar surface area (TPSA) is 51.0 Å². The molecule has 0 N–H and O–H groups in total. The summed E-state index contributed by atoms with van der Waals surface area (Å²) in [5, 5.41) is 4.34. The number of aromatic nitrogens is 3. The molecule has 2 aromatic heterocycles. The lowest BCUT2D eigenvalue weighted by Gasteiger charge is -2.28. The van der Waals surface area contributed by atoms with Gasteiger partial charge < -0.3 is 4.90 Å². The van der Waals surface area contributed by atoms with Crippen LogP contribution in [0.2, 0.25) is 0 Å². The van der Waals surface area contributed by atoms with Crippen LogP contribution in [0.5, 0.6) is 0 Å². The van der Waals surface area contributed by atoms with E-state index in [1.54, 1.807) is 10.9 Å². The number of rotatable bonds is 5. The summed E-state index contributed by atoms with van der Waals surface area (Å²) in [6.45, 7) is 3.31. The van der Waals surface area contributed by atoms with E-state index in [1.807, 2.05) is 43.3 Å². The van der Waals surface area contributed by atoms with E-state index < -0.39 is 0 Å². The predicted molar refractivity (Wildman–Crippen MR) is 95.8 cm³/mol.